The molecule has 29 heavy (non-hydrogen) atoms. The quantitative estimate of drug-likeness (QED) is 0.672. The molecular formula is C23H28N4O2. The number of piperidine rings is 1. The van der Waals surface area contributed by atoms with Crippen LogP contribution in [0.15, 0.2) is 53.3 Å². The molecule has 6 nitrogen and oxygen atoms in total. The Labute approximate surface area is 170 Å². The first-order valence-corrected chi connectivity index (χ1v) is 10.2. The second-order valence-corrected chi connectivity index (χ2v) is 7.86. The molecule has 3 aromatic rings. The van der Waals surface area contributed by atoms with E-state index in [9.17, 15) is 4.79 Å². The molecule has 1 aromatic heterocycles. The largest absolute Gasteiger partial charge is 0.372 e. The molecule has 2 heterocycles. The lowest BCUT2D eigenvalue weighted by Gasteiger charge is -2.41. The fourth-order valence-corrected chi connectivity index (χ4v) is 4.12. The van der Waals surface area contributed by atoms with Gasteiger partial charge in [-0.2, -0.15) is 5.10 Å². The minimum atomic E-state index is -0.268. The Kier molecular flexibility index (Phi) is 5.92. The van der Waals surface area contributed by atoms with Crippen LogP contribution in [0, 0.1) is 13.8 Å². The average Bonchev–Trinajstić information content (AvgIpc) is 3.14. The molecule has 0 radical (unpaired) electrons. The summed E-state index contributed by atoms with van der Waals surface area (Å²) in [6.07, 6.45) is 2.14. The second-order valence-electron chi connectivity index (χ2n) is 7.86. The predicted molar refractivity (Wildman–Crippen MR) is 113 cm³/mol. The van der Waals surface area contributed by atoms with Gasteiger partial charge < -0.3 is 4.74 Å². The highest BCUT2D eigenvalue weighted by atomic mass is 16.5. The van der Waals surface area contributed by atoms with Crippen LogP contribution >= 0.6 is 0 Å². The smallest absolute Gasteiger partial charge is 0.340 e. The van der Waals surface area contributed by atoms with Gasteiger partial charge in [-0.15, -0.1) is 0 Å². The highest BCUT2D eigenvalue weighted by Crippen LogP contribution is 2.34. The predicted octanol–water partition coefficient (Wildman–Crippen LogP) is 3.64. The summed E-state index contributed by atoms with van der Waals surface area (Å²) in [4.78, 5) is 16.6. The van der Waals surface area contributed by atoms with Gasteiger partial charge in [0, 0.05) is 0 Å². The fraction of sp³-hybridized carbons (Fsp3) is 0.391. The molecular weight excluding hydrogens is 364 g/mol. The molecule has 0 spiro atoms. The number of aromatic nitrogens is 3. The molecule has 0 saturated carbocycles. The first-order chi connectivity index (χ1) is 14.1. The van der Waals surface area contributed by atoms with E-state index >= 15 is 0 Å². The van der Waals surface area contributed by atoms with E-state index in [-0.39, 0.29) is 17.8 Å². The standard InChI is InChI=1S/C23H28N4O2/c1-16-10-11-18(13-17(16)2)15-29-20-9-6-12-27(14-21-24-23(28)26-25-21)22(20)19-7-4-3-5-8-19/h3-5,7-8,10-11,13,20,22H,6,9,12,14-15H2,1-2H3,(H2,24,25,26,28)/t20-,22-/m0/s1. The molecule has 0 unspecified atom stereocenters. The summed E-state index contributed by atoms with van der Waals surface area (Å²) < 4.78 is 6.46. The van der Waals surface area contributed by atoms with Crippen LogP contribution in [0.2, 0.25) is 0 Å². The molecule has 1 aliphatic rings. The molecule has 2 atom stereocenters. The maximum Gasteiger partial charge on any atom is 0.340 e. The van der Waals surface area contributed by atoms with Crippen molar-refractivity contribution >= 4 is 0 Å². The van der Waals surface area contributed by atoms with E-state index < -0.39 is 0 Å². The van der Waals surface area contributed by atoms with E-state index in [1.54, 1.807) is 0 Å². The number of likely N-dealkylation sites (tertiary alicyclic amines) is 1. The number of ether oxygens (including phenoxy) is 1. The van der Waals surface area contributed by atoms with Gasteiger partial charge in [-0.3, -0.25) is 9.88 Å². The van der Waals surface area contributed by atoms with Crippen LogP contribution in [-0.4, -0.2) is 32.7 Å². The van der Waals surface area contributed by atoms with E-state index in [4.69, 9.17) is 4.74 Å². The number of nitrogens with zero attached hydrogens (tertiary/aromatic N) is 2. The molecule has 2 aromatic carbocycles. The van der Waals surface area contributed by atoms with Gasteiger partial charge in [0.2, 0.25) is 0 Å². The number of aromatic amines is 2. The third-order valence-electron chi connectivity index (χ3n) is 5.76. The van der Waals surface area contributed by atoms with Crippen molar-refractivity contribution in [3.63, 3.8) is 0 Å². The SMILES string of the molecule is Cc1ccc(CO[C@H]2CCCN(Cc3n[nH]c(=O)[nH]3)[C@H]2c2ccccc2)cc1C. The summed E-state index contributed by atoms with van der Waals surface area (Å²) >= 11 is 0. The third kappa shape index (κ3) is 4.66. The Bertz CT molecular complexity index is 995. The Morgan fingerprint density at radius 1 is 1.14 bits per heavy atom. The zero-order chi connectivity index (χ0) is 20.2. The van der Waals surface area contributed by atoms with Crippen molar-refractivity contribution in [3.05, 3.63) is 87.1 Å². The van der Waals surface area contributed by atoms with Crippen molar-refractivity contribution in [3.8, 4) is 0 Å². The van der Waals surface area contributed by atoms with Crippen molar-refractivity contribution in [2.75, 3.05) is 6.54 Å². The number of rotatable bonds is 6. The Balaban J connectivity index is 1.55. The van der Waals surface area contributed by atoms with Crippen LogP contribution in [0.5, 0.6) is 0 Å². The van der Waals surface area contributed by atoms with Gasteiger partial charge >= 0.3 is 5.69 Å². The summed E-state index contributed by atoms with van der Waals surface area (Å²) in [6.45, 7) is 6.39. The Hall–Kier alpha value is -2.70. The minimum absolute atomic E-state index is 0.0819. The van der Waals surface area contributed by atoms with Crippen LogP contribution < -0.4 is 5.69 Å². The highest BCUT2D eigenvalue weighted by Gasteiger charge is 2.33. The van der Waals surface area contributed by atoms with Crippen molar-refractivity contribution in [1.82, 2.24) is 20.1 Å². The molecule has 2 N–H and O–H groups in total. The van der Waals surface area contributed by atoms with Crippen molar-refractivity contribution in [1.29, 1.82) is 0 Å². The number of nitrogens with one attached hydrogen (secondary N) is 2. The number of hydrogen-bond donors (Lipinski definition) is 2. The van der Waals surface area contributed by atoms with Crippen LogP contribution in [-0.2, 0) is 17.9 Å². The normalized spacial score (nSPS) is 20.1. The fourth-order valence-electron chi connectivity index (χ4n) is 4.12. The molecule has 152 valence electrons. The van der Waals surface area contributed by atoms with E-state index in [0.29, 0.717) is 19.0 Å². The monoisotopic (exact) mass is 392 g/mol. The molecule has 1 fully saturated rings. The van der Waals surface area contributed by atoms with Crippen molar-refractivity contribution < 1.29 is 4.74 Å². The maximum absolute atomic E-state index is 11.4. The van der Waals surface area contributed by atoms with Gasteiger partial charge in [0.15, 0.2) is 0 Å². The van der Waals surface area contributed by atoms with E-state index in [1.807, 2.05) is 6.07 Å². The Morgan fingerprint density at radius 3 is 2.69 bits per heavy atom. The molecule has 1 aliphatic heterocycles. The first-order valence-electron chi connectivity index (χ1n) is 10.2. The molecule has 4 rings (SSSR count). The maximum atomic E-state index is 11.4. The van der Waals surface area contributed by atoms with Gasteiger partial charge in [0.1, 0.15) is 5.82 Å². The van der Waals surface area contributed by atoms with Crippen LogP contribution in [0.4, 0.5) is 0 Å². The number of H-pyrrole nitrogens is 2. The van der Waals surface area contributed by atoms with Crippen molar-refractivity contribution in [2.45, 2.75) is 52.0 Å². The van der Waals surface area contributed by atoms with Crippen LogP contribution in [0.3, 0.4) is 0 Å². The summed E-state index contributed by atoms with van der Waals surface area (Å²) in [5.74, 6) is 0.658. The average molecular weight is 393 g/mol. The Morgan fingerprint density at radius 2 is 1.97 bits per heavy atom. The summed E-state index contributed by atoms with van der Waals surface area (Å²) in [5.41, 5.74) is 4.76. The summed E-state index contributed by atoms with van der Waals surface area (Å²) in [5, 5.41) is 6.56. The third-order valence-corrected chi connectivity index (χ3v) is 5.76. The summed E-state index contributed by atoms with van der Waals surface area (Å²) in [6, 6.07) is 17.1. The molecule has 0 amide bonds. The van der Waals surface area contributed by atoms with Gasteiger partial charge in [-0.05, 0) is 55.5 Å². The summed E-state index contributed by atoms with van der Waals surface area (Å²) in [7, 11) is 0. The van der Waals surface area contributed by atoms with E-state index in [2.05, 4.69) is 76.4 Å². The minimum Gasteiger partial charge on any atom is -0.372 e. The molecule has 0 aliphatic carbocycles. The lowest BCUT2D eigenvalue weighted by Crippen LogP contribution is -2.42. The lowest BCUT2D eigenvalue weighted by atomic mass is 9.92. The van der Waals surface area contributed by atoms with Gasteiger partial charge in [-0.25, -0.2) is 9.89 Å². The van der Waals surface area contributed by atoms with Crippen LogP contribution in [0.1, 0.15) is 47.0 Å². The van der Waals surface area contributed by atoms with E-state index in [0.717, 1.165) is 19.4 Å². The highest BCUT2D eigenvalue weighted by molar-refractivity contribution is 5.29. The zero-order valence-electron chi connectivity index (χ0n) is 17.0. The van der Waals surface area contributed by atoms with Gasteiger partial charge in [0.05, 0.1) is 25.3 Å². The lowest BCUT2D eigenvalue weighted by molar-refractivity contribution is -0.0559. The van der Waals surface area contributed by atoms with Gasteiger partial charge in [0.25, 0.3) is 0 Å². The van der Waals surface area contributed by atoms with E-state index in [1.165, 1.54) is 22.3 Å². The number of aryl methyl sites for hydroxylation is 2. The van der Waals surface area contributed by atoms with Gasteiger partial charge in [-0.1, -0.05) is 48.5 Å². The van der Waals surface area contributed by atoms with Crippen LogP contribution in [0.25, 0.3) is 0 Å². The topological polar surface area (TPSA) is 74.0 Å². The van der Waals surface area contributed by atoms with Crippen molar-refractivity contribution in [2.24, 2.45) is 0 Å². The first kappa shape index (κ1) is 19.6. The number of benzene rings is 2. The zero-order valence-corrected chi connectivity index (χ0v) is 17.0. The molecule has 0 bridgehead atoms. The molecule has 1 saturated heterocycles. The number of hydrogen-bond acceptors (Lipinski definition) is 4. The second kappa shape index (κ2) is 8.76. The molecule has 6 heteroatoms.